The molecule has 0 fully saturated rings. The lowest BCUT2D eigenvalue weighted by atomic mass is 10.0. The standard InChI is InChI=1S/C23H26N2O2S/c1-17-5-9-19(10-6-17)23(21-4-3-15-28-21)25-16-22(26)24-14-13-18-7-11-20(27-2)12-8-18/h3-12,15,23,25H,13-14,16H2,1-2H3,(H,24,26)/p+1/t23-/m0/s1. The molecule has 0 spiro atoms. The molecule has 1 amide bonds. The van der Waals surface area contributed by atoms with Crippen molar-refractivity contribution in [2.24, 2.45) is 0 Å². The maximum Gasteiger partial charge on any atom is 0.275 e. The second-order valence-corrected chi connectivity index (χ2v) is 7.77. The number of quaternary nitrogens is 1. The van der Waals surface area contributed by atoms with Crippen LogP contribution in [-0.2, 0) is 11.2 Å². The summed E-state index contributed by atoms with van der Waals surface area (Å²) in [7, 11) is 1.66. The van der Waals surface area contributed by atoms with Gasteiger partial charge >= 0.3 is 0 Å². The van der Waals surface area contributed by atoms with Crippen LogP contribution >= 0.6 is 11.3 Å². The first-order valence-corrected chi connectivity index (χ1v) is 10.4. The Balaban J connectivity index is 1.51. The molecule has 0 bridgehead atoms. The van der Waals surface area contributed by atoms with Crippen LogP contribution in [0.1, 0.15) is 27.6 Å². The highest BCUT2D eigenvalue weighted by Crippen LogP contribution is 2.22. The highest BCUT2D eigenvalue weighted by Gasteiger charge is 2.19. The molecule has 3 aromatic rings. The van der Waals surface area contributed by atoms with Gasteiger partial charge in [-0.3, -0.25) is 4.79 Å². The minimum Gasteiger partial charge on any atom is -0.497 e. The summed E-state index contributed by atoms with van der Waals surface area (Å²) in [5.74, 6) is 0.903. The van der Waals surface area contributed by atoms with Gasteiger partial charge in [0.15, 0.2) is 6.54 Å². The van der Waals surface area contributed by atoms with Gasteiger partial charge in [-0.2, -0.15) is 0 Å². The smallest absolute Gasteiger partial charge is 0.275 e. The Kier molecular flexibility index (Phi) is 7.23. The van der Waals surface area contributed by atoms with E-state index < -0.39 is 0 Å². The molecule has 28 heavy (non-hydrogen) atoms. The van der Waals surface area contributed by atoms with Crippen LogP contribution in [0.2, 0.25) is 0 Å². The number of hydrogen-bond donors (Lipinski definition) is 2. The zero-order valence-electron chi connectivity index (χ0n) is 16.4. The number of thiophene rings is 1. The summed E-state index contributed by atoms with van der Waals surface area (Å²) in [6.45, 7) is 3.12. The van der Waals surface area contributed by atoms with Gasteiger partial charge in [-0.05, 0) is 42.5 Å². The molecular formula is C23H27N2O2S+. The maximum atomic E-state index is 12.3. The first-order chi connectivity index (χ1) is 13.7. The molecule has 1 atom stereocenters. The van der Waals surface area contributed by atoms with Crippen LogP contribution in [0.25, 0.3) is 0 Å². The first-order valence-electron chi connectivity index (χ1n) is 9.48. The lowest BCUT2D eigenvalue weighted by molar-refractivity contribution is -0.676. The molecule has 0 aliphatic carbocycles. The van der Waals surface area contributed by atoms with E-state index in [1.54, 1.807) is 18.4 Å². The van der Waals surface area contributed by atoms with Gasteiger partial charge in [0, 0.05) is 12.1 Å². The summed E-state index contributed by atoms with van der Waals surface area (Å²) >= 11 is 1.73. The number of amides is 1. The minimum atomic E-state index is 0.0576. The van der Waals surface area contributed by atoms with Crippen LogP contribution in [0.4, 0.5) is 0 Å². The van der Waals surface area contributed by atoms with E-state index in [0.29, 0.717) is 13.1 Å². The number of ether oxygens (including phenoxy) is 1. The number of benzene rings is 2. The van der Waals surface area contributed by atoms with E-state index in [4.69, 9.17) is 4.74 Å². The number of nitrogens with one attached hydrogen (secondary N) is 1. The summed E-state index contributed by atoms with van der Waals surface area (Å²) in [4.78, 5) is 13.6. The van der Waals surface area contributed by atoms with E-state index in [9.17, 15) is 4.79 Å². The average Bonchev–Trinajstić information content (AvgIpc) is 3.24. The number of rotatable bonds is 9. The van der Waals surface area contributed by atoms with Gasteiger partial charge in [0.05, 0.1) is 12.0 Å². The van der Waals surface area contributed by atoms with Gasteiger partial charge in [0.25, 0.3) is 5.91 Å². The van der Waals surface area contributed by atoms with Gasteiger partial charge in [-0.25, -0.2) is 0 Å². The van der Waals surface area contributed by atoms with E-state index in [1.807, 2.05) is 24.3 Å². The third-order valence-corrected chi connectivity index (χ3v) is 5.68. The van der Waals surface area contributed by atoms with Crippen molar-refractivity contribution < 1.29 is 14.8 Å². The summed E-state index contributed by atoms with van der Waals surface area (Å²) in [6, 6.07) is 20.8. The lowest BCUT2D eigenvalue weighted by Crippen LogP contribution is -2.87. The van der Waals surface area contributed by atoms with Crippen molar-refractivity contribution in [3.63, 3.8) is 0 Å². The molecule has 1 heterocycles. The predicted octanol–water partition coefficient (Wildman–Crippen LogP) is 3.08. The topological polar surface area (TPSA) is 54.9 Å². The first kappa shape index (κ1) is 20.1. The molecule has 2 aromatic carbocycles. The fourth-order valence-corrected chi connectivity index (χ4v) is 3.94. The van der Waals surface area contributed by atoms with Crippen molar-refractivity contribution in [3.05, 3.63) is 87.6 Å². The molecular weight excluding hydrogens is 368 g/mol. The lowest BCUT2D eigenvalue weighted by Gasteiger charge is -2.15. The van der Waals surface area contributed by atoms with E-state index in [2.05, 4.69) is 59.3 Å². The third-order valence-electron chi connectivity index (χ3n) is 4.72. The third kappa shape index (κ3) is 5.68. The monoisotopic (exact) mass is 395 g/mol. The van der Waals surface area contributed by atoms with Crippen molar-refractivity contribution >= 4 is 17.2 Å². The summed E-state index contributed by atoms with van der Waals surface area (Å²) < 4.78 is 5.17. The Morgan fingerprint density at radius 3 is 2.50 bits per heavy atom. The molecule has 4 nitrogen and oxygen atoms in total. The second kappa shape index (κ2) is 10.1. The van der Waals surface area contributed by atoms with Gasteiger partial charge < -0.3 is 15.4 Å². The SMILES string of the molecule is COc1ccc(CCNC(=O)C[NH2+][C@@H](c2ccc(C)cc2)c2cccs2)cc1. The predicted molar refractivity (Wildman–Crippen MR) is 114 cm³/mol. The normalized spacial score (nSPS) is 11.8. The van der Waals surface area contributed by atoms with Crippen LogP contribution < -0.4 is 15.4 Å². The number of carbonyl (C=O) groups excluding carboxylic acids is 1. The molecule has 0 radical (unpaired) electrons. The number of hydrogen-bond acceptors (Lipinski definition) is 3. The summed E-state index contributed by atoms with van der Waals surface area (Å²) in [5.41, 5.74) is 3.64. The van der Waals surface area contributed by atoms with Gasteiger partial charge in [0.1, 0.15) is 11.8 Å². The molecule has 3 rings (SSSR count). The zero-order chi connectivity index (χ0) is 19.8. The number of carbonyl (C=O) groups is 1. The van der Waals surface area contributed by atoms with Crippen LogP contribution in [-0.4, -0.2) is 26.1 Å². The van der Waals surface area contributed by atoms with Crippen LogP contribution in [0.15, 0.2) is 66.0 Å². The van der Waals surface area contributed by atoms with Crippen molar-refractivity contribution in [2.45, 2.75) is 19.4 Å². The highest BCUT2D eigenvalue weighted by molar-refractivity contribution is 7.10. The quantitative estimate of drug-likeness (QED) is 0.585. The second-order valence-electron chi connectivity index (χ2n) is 6.79. The van der Waals surface area contributed by atoms with Crippen LogP contribution in [0.5, 0.6) is 5.75 Å². The molecule has 3 N–H and O–H groups in total. The molecule has 1 aromatic heterocycles. The van der Waals surface area contributed by atoms with Crippen LogP contribution in [0, 0.1) is 6.92 Å². The molecule has 0 saturated heterocycles. The fourth-order valence-electron chi connectivity index (χ4n) is 3.09. The van der Waals surface area contributed by atoms with Crippen LogP contribution in [0.3, 0.4) is 0 Å². The fraction of sp³-hybridized carbons (Fsp3) is 0.261. The molecule has 0 saturated carbocycles. The summed E-state index contributed by atoms with van der Waals surface area (Å²) in [6.07, 6.45) is 0.808. The molecule has 146 valence electrons. The largest absolute Gasteiger partial charge is 0.497 e. The van der Waals surface area contributed by atoms with Gasteiger partial charge in [-0.15, -0.1) is 11.3 Å². The van der Waals surface area contributed by atoms with E-state index in [-0.39, 0.29) is 11.9 Å². The number of nitrogens with two attached hydrogens (primary N) is 1. The average molecular weight is 396 g/mol. The van der Waals surface area contributed by atoms with E-state index in [1.165, 1.54) is 21.6 Å². The van der Waals surface area contributed by atoms with E-state index >= 15 is 0 Å². The summed E-state index contributed by atoms with van der Waals surface area (Å²) in [5, 5.41) is 7.22. The molecule has 5 heteroatoms. The van der Waals surface area contributed by atoms with Crippen molar-refractivity contribution in [2.75, 3.05) is 20.2 Å². The minimum absolute atomic E-state index is 0.0576. The van der Waals surface area contributed by atoms with Gasteiger partial charge in [-0.1, -0.05) is 48.0 Å². The Morgan fingerprint density at radius 2 is 1.86 bits per heavy atom. The molecule has 0 unspecified atom stereocenters. The Morgan fingerprint density at radius 1 is 1.11 bits per heavy atom. The number of aryl methyl sites for hydroxylation is 1. The van der Waals surface area contributed by atoms with Crippen molar-refractivity contribution in [1.29, 1.82) is 0 Å². The van der Waals surface area contributed by atoms with E-state index in [0.717, 1.165) is 12.2 Å². The van der Waals surface area contributed by atoms with Gasteiger partial charge in [0.2, 0.25) is 0 Å². The van der Waals surface area contributed by atoms with Crippen molar-refractivity contribution in [1.82, 2.24) is 5.32 Å². The maximum absolute atomic E-state index is 12.3. The Hall–Kier alpha value is -2.63. The Labute approximate surface area is 170 Å². The Bertz CT molecular complexity index is 859. The molecule has 0 aliphatic heterocycles. The zero-order valence-corrected chi connectivity index (χ0v) is 17.2. The number of methoxy groups -OCH3 is 1. The molecule has 0 aliphatic rings. The van der Waals surface area contributed by atoms with Crippen molar-refractivity contribution in [3.8, 4) is 5.75 Å². The highest BCUT2D eigenvalue weighted by atomic mass is 32.1.